The highest BCUT2D eigenvalue weighted by Gasteiger charge is 2.43. The van der Waals surface area contributed by atoms with Crippen molar-refractivity contribution in [1.29, 1.82) is 0 Å². The zero-order chi connectivity index (χ0) is 9.47. The van der Waals surface area contributed by atoms with Gasteiger partial charge in [-0.3, -0.25) is 4.79 Å². The van der Waals surface area contributed by atoms with Crippen LogP contribution in [0.4, 0.5) is 0 Å². The van der Waals surface area contributed by atoms with Crippen LogP contribution in [0.5, 0.6) is 0 Å². The van der Waals surface area contributed by atoms with Crippen LogP contribution in [-0.2, 0) is 4.79 Å². The molecule has 2 aliphatic rings. The average Bonchev–Trinajstić information content (AvgIpc) is 2.13. The summed E-state index contributed by atoms with van der Waals surface area (Å²) in [6.07, 6.45) is 8.97. The Morgan fingerprint density at radius 2 is 2.15 bits per heavy atom. The molecule has 0 spiro atoms. The van der Waals surface area contributed by atoms with Crippen LogP contribution >= 0.6 is 0 Å². The molecule has 2 rings (SSSR count). The van der Waals surface area contributed by atoms with E-state index < -0.39 is 0 Å². The second kappa shape index (κ2) is 2.97. The maximum absolute atomic E-state index is 11.7. The number of Topliss-reactive ketones (excluding diaryl/α,β-unsaturated/α-hetero) is 1. The highest BCUT2D eigenvalue weighted by Crippen LogP contribution is 2.46. The fraction of sp³-hybridized carbons (Fsp3) is 0.750. The molecule has 0 radical (unpaired) electrons. The molecule has 1 fully saturated rings. The summed E-state index contributed by atoms with van der Waals surface area (Å²) in [5.41, 5.74) is -0.0974. The third-order valence-corrected chi connectivity index (χ3v) is 3.85. The Balaban J connectivity index is 2.28. The summed E-state index contributed by atoms with van der Waals surface area (Å²) < 4.78 is 0. The normalized spacial score (nSPS) is 37.2. The number of carbonyl (C=O) groups is 1. The molecule has 1 nitrogen and oxygen atoms in total. The first-order chi connectivity index (χ1) is 6.12. The monoisotopic (exact) mass is 178 g/mol. The summed E-state index contributed by atoms with van der Waals surface area (Å²) in [7, 11) is 0. The molecular formula is C12H18O. The Hall–Kier alpha value is -0.590. The average molecular weight is 178 g/mol. The van der Waals surface area contributed by atoms with Crippen molar-refractivity contribution >= 4 is 5.78 Å². The van der Waals surface area contributed by atoms with Gasteiger partial charge in [0.25, 0.3) is 0 Å². The van der Waals surface area contributed by atoms with Crippen LogP contribution in [0.2, 0.25) is 0 Å². The van der Waals surface area contributed by atoms with Gasteiger partial charge in [0.2, 0.25) is 0 Å². The van der Waals surface area contributed by atoms with E-state index >= 15 is 0 Å². The molecule has 1 heteroatoms. The largest absolute Gasteiger partial charge is 0.299 e. The maximum atomic E-state index is 11.7. The Morgan fingerprint density at radius 3 is 2.92 bits per heavy atom. The first kappa shape index (κ1) is 8.98. The molecule has 0 aromatic rings. The van der Waals surface area contributed by atoms with Crippen molar-refractivity contribution in [2.24, 2.45) is 17.3 Å². The van der Waals surface area contributed by atoms with Crippen LogP contribution in [0, 0.1) is 17.3 Å². The van der Waals surface area contributed by atoms with Crippen molar-refractivity contribution in [1.82, 2.24) is 0 Å². The fourth-order valence-electron chi connectivity index (χ4n) is 2.87. The molecule has 0 aliphatic heterocycles. The molecule has 0 bridgehead atoms. The van der Waals surface area contributed by atoms with Gasteiger partial charge in [0.1, 0.15) is 5.78 Å². The third-order valence-electron chi connectivity index (χ3n) is 3.85. The molecule has 72 valence electrons. The predicted octanol–water partition coefficient (Wildman–Crippen LogP) is 2.96. The Bertz CT molecular complexity index is 250. The first-order valence-electron chi connectivity index (χ1n) is 5.32. The van der Waals surface area contributed by atoms with Gasteiger partial charge in [-0.25, -0.2) is 0 Å². The third kappa shape index (κ3) is 1.34. The van der Waals surface area contributed by atoms with Crippen molar-refractivity contribution in [2.45, 2.75) is 39.5 Å². The lowest BCUT2D eigenvalue weighted by Crippen LogP contribution is -2.41. The van der Waals surface area contributed by atoms with Crippen molar-refractivity contribution in [3.63, 3.8) is 0 Å². The topological polar surface area (TPSA) is 17.1 Å². The van der Waals surface area contributed by atoms with E-state index in [9.17, 15) is 4.79 Å². The minimum atomic E-state index is -0.0974. The smallest absolute Gasteiger partial charge is 0.139 e. The minimum absolute atomic E-state index is 0.0974. The van der Waals surface area contributed by atoms with Gasteiger partial charge in [-0.05, 0) is 31.1 Å². The van der Waals surface area contributed by atoms with Crippen LogP contribution < -0.4 is 0 Å². The summed E-state index contributed by atoms with van der Waals surface area (Å²) in [5, 5.41) is 0. The molecular weight excluding hydrogens is 160 g/mol. The van der Waals surface area contributed by atoms with Gasteiger partial charge in [-0.15, -0.1) is 0 Å². The zero-order valence-corrected chi connectivity index (χ0v) is 8.55. The van der Waals surface area contributed by atoms with Crippen molar-refractivity contribution < 1.29 is 4.79 Å². The Labute approximate surface area is 80.2 Å². The minimum Gasteiger partial charge on any atom is -0.299 e. The summed E-state index contributed by atoms with van der Waals surface area (Å²) in [6.45, 7) is 4.23. The Kier molecular flexibility index (Phi) is 2.05. The van der Waals surface area contributed by atoms with E-state index in [0.29, 0.717) is 11.7 Å². The van der Waals surface area contributed by atoms with E-state index in [0.717, 1.165) is 18.8 Å². The van der Waals surface area contributed by atoms with Gasteiger partial charge in [0.05, 0.1) is 0 Å². The van der Waals surface area contributed by atoms with Gasteiger partial charge in [-0.2, -0.15) is 0 Å². The van der Waals surface area contributed by atoms with Gasteiger partial charge >= 0.3 is 0 Å². The standard InChI is InChI=1S/C12H18O/c1-12(2)10-6-4-3-5-9(10)7-8-11(12)13/h4,6,9-10H,3,5,7-8H2,1-2H3/t9-,10-/m1/s1. The number of hydrogen-bond donors (Lipinski definition) is 0. The van der Waals surface area contributed by atoms with Gasteiger partial charge in [0.15, 0.2) is 0 Å². The molecule has 0 saturated heterocycles. The van der Waals surface area contributed by atoms with E-state index in [4.69, 9.17) is 0 Å². The number of fused-ring (bicyclic) bond motifs is 1. The lowest BCUT2D eigenvalue weighted by Gasteiger charge is -2.43. The SMILES string of the molecule is CC1(C)C(=O)CC[C@H]2CCC=C[C@H]21. The van der Waals surface area contributed by atoms with E-state index in [1.165, 1.54) is 12.8 Å². The second-order valence-corrected chi connectivity index (χ2v) is 4.97. The number of ketones is 1. The summed E-state index contributed by atoms with van der Waals surface area (Å²) in [5.74, 6) is 1.75. The second-order valence-electron chi connectivity index (χ2n) is 4.97. The molecule has 2 aliphatic carbocycles. The number of rotatable bonds is 0. The molecule has 0 heterocycles. The molecule has 0 amide bonds. The van der Waals surface area contributed by atoms with E-state index in [1.54, 1.807) is 0 Å². The van der Waals surface area contributed by atoms with Crippen molar-refractivity contribution in [3.05, 3.63) is 12.2 Å². The van der Waals surface area contributed by atoms with Crippen LogP contribution in [0.25, 0.3) is 0 Å². The molecule has 0 aromatic heterocycles. The maximum Gasteiger partial charge on any atom is 0.139 e. The van der Waals surface area contributed by atoms with Gasteiger partial charge in [0, 0.05) is 11.8 Å². The lowest BCUT2D eigenvalue weighted by atomic mass is 9.60. The molecule has 0 N–H and O–H groups in total. The van der Waals surface area contributed by atoms with Crippen LogP contribution in [-0.4, -0.2) is 5.78 Å². The molecule has 2 atom stereocenters. The number of hydrogen-bond acceptors (Lipinski definition) is 1. The molecule has 0 aromatic carbocycles. The van der Waals surface area contributed by atoms with Crippen molar-refractivity contribution in [3.8, 4) is 0 Å². The predicted molar refractivity (Wildman–Crippen MR) is 53.4 cm³/mol. The van der Waals surface area contributed by atoms with Crippen molar-refractivity contribution in [2.75, 3.05) is 0 Å². The highest BCUT2D eigenvalue weighted by atomic mass is 16.1. The number of carbonyl (C=O) groups excluding carboxylic acids is 1. The lowest BCUT2D eigenvalue weighted by molar-refractivity contribution is -0.133. The first-order valence-corrected chi connectivity index (χ1v) is 5.32. The summed E-state index contributed by atoms with van der Waals surface area (Å²) in [6, 6.07) is 0. The number of allylic oxidation sites excluding steroid dienone is 2. The van der Waals surface area contributed by atoms with E-state index in [-0.39, 0.29) is 5.41 Å². The highest BCUT2D eigenvalue weighted by molar-refractivity contribution is 5.85. The van der Waals surface area contributed by atoms with Crippen LogP contribution in [0.15, 0.2) is 12.2 Å². The van der Waals surface area contributed by atoms with Crippen LogP contribution in [0.3, 0.4) is 0 Å². The van der Waals surface area contributed by atoms with Crippen LogP contribution in [0.1, 0.15) is 39.5 Å². The summed E-state index contributed by atoms with van der Waals surface area (Å²) in [4.78, 5) is 11.7. The fourth-order valence-corrected chi connectivity index (χ4v) is 2.87. The zero-order valence-electron chi connectivity index (χ0n) is 8.55. The molecule has 0 unspecified atom stereocenters. The van der Waals surface area contributed by atoms with E-state index in [2.05, 4.69) is 26.0 Å². The Morgan fingerprint density at radius 1 is 1.38 bits per heavy atom. The van der Waals surface area contributed by atoms with E-state index in [1.807, 2.05) is 0 Å². The molecule has 1 saturated carbocycles. The van der Waals surface area contributed by atoms with Gasteiger partial charge in [-0.1, -0.05) is 26.0 Å². The van der Waals surface area contributed by atoms with Gasteiger partial charge < -0.3 is 0 Å². The molecule has 13 heavy (non-hydrogen) atoms. The summed E-state index contributed by atoms with van der Waals surface area (Å²) >= 11 is 0. The quantitative estimate of drug-likeness (QED) is 0.521.